The van der Waals surface area contributed by atoms with E-state index in [1.54, 1.807) is 44.3 Å². The summed E-state index contributed by atoms with van der Waals surface area (Å²) < 4.78 is 28.2. The lowest BCUT2D eigenvalue weighted by Crippen LogP contribution is -2.58. The van der Waals surface area contributed by atoms with E-state index >= 15 is 0 Å². The zero-order valence-corrected chi connectivity index (χ0v) is 31.2. The average molecular weight is 766 g/mol. The molecule has 0 radical (unpaired) electrons. The maximum Gasteiger partial charge on any atom is 0.326 e. The number of aliphatic carboxylic acids is 1. The molecule has 5 rings (SSSR count). The largest absolute Gasteiger partial charge is 0.480 e. The first-order chi connectivity index (χ1) is 25.7. The minimum atomic E-state index is -3.84. The van der Waals surface area contributed by atoms with E-state index in [2.05, 4.69) is 31.6 Å². The van der Waals surface area contributed by atoms with E-state index in [1.807, 2.05) is 30.3 Å². The fourth-order valence-corrected chi connectivity index (χ4v) is 7.53. The molecule has 290 valence electrons. The Hall–Kier alpha value is -5.36. The van der Waals surface area contributed by atoms with Crippen molar-refractivity contribution in [3.8, 4) is 0 Å². The van der Waals surface area contributed by atoms with Gasteiger partial charge < -0.3 is 31.3 Å². The molecule has 6 atom stereocenters. The van der Waals surface area contributed by atoms with E-state index in [0.29, 0.717) is 5.56 Å². The van der Waals surface area contributed by atoms with Gasteiger partial charge in [0.15, 0.2) is 5.82 Å². The van der Waals surface area contributed by atoms with E-state index < -0.39 is 75.9 Å². The highest BCUT2D eigenvalue weighted by molar-refractivity contribution is 7.92. The Morgan fingerprint density at radius 2 is 1.65 bits per heavy atom. The first-order valence-corrected chi connectivity index (χ1v) is 19.7. The summed E-state index contributed by atoms with van der Waals surface area (Å²) in [6.07, 6.45) is 3.10. The molecular weight excluding hydrogens is 719 g/mol. The Morgan fingerprint density at radius 3 is 2.28 bits per heavy atom. The van der Waals surface area contributed by atoms with E-state index in [9.17, 15) is 37.5 Å². The predicted molar refractivity (Wildman–Crippen MR) is 197 cm³/mol. The summed E-state index contributed by atoms with van der Waals surface area (Å²) in [6, 6.07) is 11.9. The zero-order valence-electron chi connectivity index (χ0n) is 30.4. The smallest absolute Gasteiger partial charge is 0.326 e. The van der Waals surface area contributed by atoms with Crippen molar-refractivity contribution in [2.24, 2.45) is 0 Å². The van der Waals surface area contributed by atoms with Crippen LogP contribution in [0.15, 0.2) is 66.9 Å². The summed E-state index contributed by atoms with van der Waals surface area (Å²) >= 11 is 0. The molecule has 0 spiro atoms. The van der Waals surface area contributed by atoms with Crippen LogP contribution in [0.5, 0.6) is 0 Å². The number of carbonyl (C=O) groups is 5. The number of carboxylic acids is 1. The van der Waals surface area contributed by atoms with Crippen molar-refractivity contribution >= 4 is 45.4 Å². The third-order valence-corrected chi connectivity index (χ3v) is 10.9. The van der Waals surface area contributed by atoms with Crippen LogP contribution in [-0.2, 0) is 46.8 Å². The number of benzene rings is 2. The molecule has 2 aromatic carbocycles. The lowest BCUT2D eigenvalue weighted by molar-refractivity contribution is -0.143. The summed E-state index contributed by atoms with van der Waals surface area (Å²) in [7, 11) is -2.23. The van der Waals surface area contributed by atoms with Crippen molar-refractivity contribution in [3.05, 3.63) is 78.0 Å². The Balaban J connectivity index is 1.55. The van der Waals surface area contributed by atoms with Crippen molar-refractivity contribution < 1.29 is 37.5 Å². The number of likely N-dealkylation sites (N-methyl/N-ethyl adjacent to an activating group) is 1. The molecule has 1 aromatic heterocycles. The topological polar surface area (TPSA) is 225 Å². The number of carbonyl (C=O) groups excluding carboxylic acids is 4. The summed E-state index contributed by atoms with van der Waals surface area (Å²) in [6.45, 7) is 1.56. The van der Waals surface area contributed by atoms with Crippen molar-refractivity contribution in [1.82, 2.24) is 41.2 Å². The highest BCUT2D eigenvalue weighted by Crippen LogP contribution is 2.30. The van der Waals surface area contributed by atoms with Gasteiger partial charge >= 0.3 is 5.97 Å². The summed E-state index contributed by atoms with van der Waals surface area (Å²) in [5, 5.41) is 29.4. The Labute approximate surface area is 313 Å². The number of rotatable bonds is 10. The molecule has 54 heavy (non-hydrogen) atoms. The third-order valence-electron chi connectivity index (χ3n) is 9.75. The Bertz CT molecular complexity index is 1910. The van der Waals surface area contributed by atoms with Crippen LogP contribution in [0.25, 0.3) is 0 Å². The van der Waals surface area contributed by atoms with Gasteiger partial charge in [-0.15, -0.1) is 5.10 Å². The molecular formula is C36H47N9O8S. The van der Waals surface area contributed by atoms with Crippen LogP contribution in [-0.4, -0.2) is 120 Å². The molecule has 0 aliphatic carbocycles. The van der Waals surface area contributed by atoms with Gasteiger partial charge in [0.05, 0.1) is 24.5 Å². The first kappa shape index (κ1) is 39.8. The van der Waals surface area contributed by atoms with Gasteiger partial charge in [0, 0.05) is 32.4 Å². The van der Waals surface area contributed by atoms with Crippen LogP contribution < -0.4 is 25.6 Å². The van der Waals surface area contributed by atoms with Gasteiger partial charge in [0.2, 0.25) is 33.7 Å². The molecule has 4 bridgehead atoms. The standard InChI is InChI=1S/C36H47N9O8S/c1-23(37-2)32(46)40-29(19-25-14-8-5-9-15-25)35(49)43-21-26-20-30(43)34(48)39-28(18-24-12-6-4-7-13-24)33(47)38-27(36(50)51)16-10-11-17-45(54(3,52)53)31-22-44(26)42-41-31/h4-9,12-15,22-23,26-30,37H,10-11,16-21H2,1-3H3,(H,38,47)(H,39,48)(H,40,46)(H,50,51)/t23-,26-,27-,28-,29-,30-/m0/s1. The number of hydrogen-bond acceptors (Lipinski definition) is 10. The number of carboxylic acid groups (broad SMARTS) is 1. The summed E-state index contributed by atoms with van der Waals surface area (Å²) in [4.78, 5) is 69.5. The van der Waals surface area contributed by atoms with Gasteiger partial charge in [-0.05, 0) is 44.4 Å². The van der Waals surface area contributed by atoms with E-state index in [4.69, 9.17) is 0 Å². The minimum Gasteiger partial charge on any atom is -0.480 e. The molecule has 18 heteroatoms. The number of sulfonamides is 1. The number of nitrogens with zero attached hydrogens (tertiary/aromatic N) is 5. The number of hydrogen-bond donors (Lipinski definition) is 5. The monoisotopic (exact) mass is 765 g/mol. The van der Waals surface area contributed by atoms with Crippen LogP contribution in [0.3, 0.4) is 0 Å². The Morgan fingerprint density at radius 1 is 0.981 bits per heavy atom. The first-order valence-electron chi connectivity index (χ1n) is 17.8. The van der Waals surface area contributed by atoms with Crippen LogP contribution in [0, 0.1) is 0 Å². The lowest BCUT2D eigenvalue weighted by atomic mass is 10.0. The van der Waals surface area contributed by atoms with Crippen LogP contribution in [0.1, 0.15) is 49.8 Å². The van der Waals surface area contributed by atoms with Gasteiger partial charge in [0.25, 0.3) is 0 Å². The molecule has 1 saturated heterocycles. The molecule has 0 saturated carbocycles. The van der Waals surface area contributed by atoms with E-state index in [1.165, 1.54) is 15.8 Å². The third kappa shape index (κ3) is 9.98. The van der Waals surface area contributed by atoms with Gasteiger partial charge in [-0.1, -0.05) is 65.9 Å². The fourth-order valence-electron chi connectivity index (χ4n) is 6.65. The SMILES string of the molecule is CN[C@@H](C)C(=O)N[C@@H](Cc1ccccc1)C(=O)N1C[C@@H]2C[C@H]1C(=O)N[C@@H](Cc1ccccc1)C(=O)N[C@H](C(=O)O)CCCCN(S(C)(=O)=O)c1cn2nn1. The maximum absolute atomic E-state index is 14.6. The molecule has 3 aromatic rings. The highest BCUT2D eigenvalue weighted by atomic mass is 32.2. The molecule has 3 heterocycles. The number of fused-ring (bicyclic) bond motifs is 5. The van der Waals surface area contributed by atoms with Gasteiger partial charge in [-0.2, -0.15) is 0 Å². The van der Waals surface area contributed by atoms with Crippen LogP contribution >= 0.6 is 0 Å². The normalized spacial score (nSPS) is 22.4. The maximum atomic E-state index is 14.6. The second-order valence-electron chi connectivity index (χ2n) is 13.7. The summed E-state index contributed by atoms with van der Waals surface area (Å²) in [5.74, 6) is -3.66. The van der Waals surface area contributed by atoms with E-state index in [0.717, 1.165) is 16.1 Å². The predicted octanol–water partition coefficient (Wildman–Crippen LogP) is 0.00230. The molecule has 0 unspecified atom stereocenters. The highest BCUT2D eigenvalue weighted by Gasteiger charge is 2.44. The van der Waals surface area contributed by atoms with Gasteiger partial charge in [-0.25, -0.2) is 17.9 Å². The number of amides is 4. The quantitative estimate of drug-likeness (QED) is 0.185. The zero-order chi connectivity index (χ0) is 39.0. The molecule has 1 fully saturated rings. The van der Waals surface area contributed by atoms with Gasteiger partial charge in [-0.3, -0.25) is 23.5 Å². The minimum absolute atomic E-state index is 0.00889. The fraction of sp³-hybridized carbons (Fsp3) is 0.472. The average Bonchev–Trinajstić information content (AvgIpc) is 3.81. The molecule has 4 amide bonds. The molecule has 2 aliphatic heterocycles. The van der Waals surface area contributed by atoms with Crippen molar-refractivity contribution in [3.63, 3.8) is 0 Å². The second-order valence-corrected chi connectivity index (χ2v) is 15.6. The van der Waals surface area contributed by atoms with Crippen molar-refractivity contribution in [2.45, 2.75) is 81.7 Å². The van der Waals surface area contributed by atoms with Crippen LogP contribution in [0.2, 0.25) is 0 Å². The molecule has 17 nitrogen and oxygen atoms in total. The lowest BCUT2D eigenvalue weighted by Gasteiger charge is -2.30. The number of likely N-dealkylation sites (tertiary alicyclic amines) is 1. The summed E-state index contributed by atoms with van der Waals surface area (Å²) in [5.41, 5.74) is 1.47. The number of nitrogens with one attached hydrogen (secondary N) is 4. The van der Waals surface area contributed by atoms with Gasteiger partial charge in [0.1, 0.15) is 24.2 Å². The number of aromatic nitrogens is 3. The second kappa shape index (κ2) is 17.6. The number of anilines is 1. The Kier molecular flexibility index (Phi) is 13.0. The van der Waals surface area contributed by atoms with E-state index in [-0.39, 0.29) is 57.4 Å². The molecule has 5 N–H and O–H groups in total. The molecule has 2 aliphatic rings. The van der Waals surface area contributed by atoms with Crippen molar-refractivity contribution in [2.75, 3.05) is 30.7 Å². The van der Waals surface area contributed by atoms with Crippen molar-refractivity contribution in [1.29, 1.82) is 0 Å². The van der Waals surface area contributed by atoms with Crippen LogP contribution in [0.4, 0.5) is 5.82 Å².